The normalized spacial score (nSPS) is 29.7. The molecule has 1 saturated carbocycles. The first-order chi connectivity index (χ1) is 12.4. The molecular weight excluding hydrogens is 352 g/mol. The van der Waals surface area contributed by atoms with Gasteiger partial charge in [-0.05, 0) is 44.9 Å². The lowest BCUT2D eigenvalue weighted by Crippen LogP contribution is -2.47. The lowest BCUT2D eigenvalue weighted by molar-refractivity contribution is -0.152. The summed E-state index contributed by atoms with van der Waals surface area (Å²) in [5.41, 5.74) is 0.00636. The van der Waals surface area contributed by atoms with E-state index in [1.807, 2.05) is 43.1 Å². The van der Waals surface area contributed by atoms with Crippen LogP contribution in [0.3, 0.4) is 0 Å². The molecule has 0 spiro atoms. The molecule has 2 aliphatic rings. The summed E-state index contributed by atoms with van der Waals surface area (Å²) in [5.74, 6) is -0.681. The van der Waals surface area contributed by atoms with Crippen LogP contribution in [0.5, 0.6) is 0 Å². The van der Waals surface area contributed by atoms with E-state index >= 15 is 0 Å². The number of nitrogens with zero attached hydrogens (tertiary/aromatic N) is 1. The number of methoxy groups -OCH3 is 1. The van der Waals surface area contributed by atoms with Crippen molar-refractivity contribution in [3.8, 4) is 0 Å². The number of carbonyl (C=O) groups excluding carboxylic acids is 2. The number of benzene rings is 1. The second-order valence-electron chi connectivity index (χ2n) is 7.64. The van der Waals surface area contributed by atoms with Gasteiger partial charge < -0.3 is 10.1 Å². The summed E-state index contributed by atoms with van der Waals surface area (Å²) < 4.78 is 5.04. The molecule has 1 aromatic rings. The second kappa shape index (κ2) is 7.57. The molecule has 1 aliphatic heterocycles. The molecule has 1 N–H and O–H groups in total. The van der Waals surface area contributed by atoms with E-state index in [-0.39, 0.29) is 29.9 Å². The van der Waals surface area contributed by atoms with Crippen LogP contribution in [-0.4, -0.2) is 42.5 Å². The Morgan fingerprint density at radius 3 is 2.54 bits per heavy atom. The number of rotatable bonds is 4. The van der Waals surface area contributed by atoms with E-state index in [0.717, 1.165) is 31.2 Å². The van der Waals surface area contributed by atoms with Gasteiger partial charge in [0.2, 0.25) is 5.91 Å². The highest BCUT2D eigenvalue weighted by Crippen LogP contribution is 2.48. The number of amides is 1. The quantitative estimate of drug-likeness (QED) is 0.816. The molecule has 142 valence electrons. The Hall–Kier alpha value is -1.59. The van der Waals surface area contributed by atoms with Crippen LogP contribution in [0.4, 0.5) is 0 Å². The molecule has 3 atom stereocenters. The van der Waals surface area contributed by atoms with Gasteiger partial charge in [0.25, 0.3) is 0 Å². The zero-order chi connectivity index (χ0) is 18.9. The maximum Gasteiger partial charge on any atom is 0.326 e. The van der Waals surface area contributed by atoms with Gasteiger partial charge in [0.05, 0.1) is 13.0 Å². The van der Waals surface area contributed by atoms with E-state index in [4.69, 9.17) is 16.3 Å². The molecule has 26 heavy (non-hydrogen) atoms. The zero-order valence-electron chi connectivity index (χ0n) is 15.6. The highest BCUT2D eigenvalue weighted by molar-refractivity contribution is 6.31. The van der Waals surface area contributed by atoms with Crippen LogP contribution in [0.15, 0.2) is 24.3 Å². The first-order valence-electron chi connectivity index (χ1n) is 9.24. The molecule has 0 bridgehead atoms. The van der Waals surface area contributed by atoms with Gasteiger partial charge in [0, 0.05) is 17.1 Å². The minimum absolute atomic E-state index is 0.00120. The third kappa shape index (κ3) is 3.35. The molecular formula is C20H27ClN2O3. The van der Waals surface area contributed by atoms with Crippen LogP contribution < -0.4 is 5.32 Å². The van der Waals surface area contributed by atoms with Gasteiger partial charge in [-0.25, -0.2) is 0 Å². The fourth-order valence-corrected chi connectivity index (χ4v) is 4.71. The topological polar surface area (TPSA) is 58.6 Å². The summed E-state index contributed by atoms with van der Waals surface area (Å²) in [4.78, 5) is 27.5. The Balaban J connectivity index is 1.94. The molecule has 3 rings (SSSR count). The summed E-state index contributed by atoms with van der Waals surface area (Å²) in [6.45, 7) is 1.84. The molecule has 1 aliphatic carbocycles. The van der Waals surface area contributed by atoms with Gasteiger partial charge in [0.15, 0.2) is 0 Å². The Labute approximate surface area is 160 Å². The summed E-state index contributed by atoms with van der Waals surface area (Å²) >= 11 is 6.44. The van der Waals surface area contributed by atoms with Crippen molar-refractivity contribution in [2.75, 3.05) is 14.2 Å². The molecule has 2 unspecified atom stereocenters. The van der Waals surface area contributed by atoms with E-state index < -0.39 is 5.54 Å². The summed E-state index contributed by atoms with van der Waals surface area (Å²) in [6.07, 6.45) is 4.77. The number of esters is 1. The van der Waals surface area contributed by atoms with Crippen molar-refractivity contribution in [3.05, 3.63) is 34.9 Å². The average Bonchev–Trinajstić information content (AvgIpc) is 3.22. The Bertz CT molecular complexity index is 689. The molecule has 6 heteroatoms. The van der Waals surface area contributed by atoms with E-state index in [9.17, 15) is 9.59 Å². The molecule has 1 amide bonds. The van der Waals surface area contributed by atoms with Crippen molar-refractivity contribution in [2.24, 2.45) is 5.92 Å². The van der Waals surface area contributed by atoms with Crippen LogP contribution in [-0.2, 0) is 14.3 Å². The maximum absolute atomic E-state index is 13.1. The molecule has 2 fully saturated rings. The standard InChI is InChI=1S/C20H27ClN2O3/c1-20(19(25)26-3)12-15(18(24)22-13-8-4-5-9-13)17(23(20)2)14-10-6-7-11-16(14)21/h6-7,10-11,13,15,17H,4-5,8-9,12H2,1-3H3,(H,22,24)/t15?,17?,20-/m0/s1. The fourth-order valence-electron chi connectivity index (χ4n) is 4.46. The first kappa shape index (κ1) is 19.2. The Morgan fingerprint density at radius 1 is 1.27 bits per heavy atom. The van der Waals surface area contributed by atoms with E-state index in [2.05, 4.69) is 5.32 Å². The lowest BCUT2D eigenvalue weighted by atomic mass is 9.89. The van der Waals surface area contributed by atoms with Crippen LogP contribution >= 0.6 is 11.6 Å². The summed E-state index contributed by atoms with van der Waals surface area (Å²) in [5, 5.41) is 3.80. The van der Waals surface area contributed by atoms with Gasteiger partial charge in [0.1, 0.15) is 5.54 Å². The molecule has 1 saturated heterocycles. The van der Waals surface area contributed by atoms with Crippen LogP contribution in [0, 0.1) is 5.92 Å². The van der Waals surface area contributed by atoms with Crippen molar-refractivity contribution in [1.29, 1.82) is 0 Å². The molecule has 0 radical (unpaired) electrons. The third-order valence-electron chi connectivity index (χ3n) is 6.08. The maximum atomic E-state index is 13.1. The second-order valence-corrected chi connectivity index (χ2v) is 8.05. The highest BCUT2D eigenvalue weighted by Gasteiger charge is 2.55. The van der Waals surface area contributed by atoms with Gasteiger partial charge in [-0.2, -0.15) is 0 Å². The van der Waals surface area contributed by atoms with E-state index in [1.165, 1.54) is 7.11 Å². The number of hydrogen-bond donors (Lipinski definition) is 1. The van der Waals surface area contributed by atoms with Crippen LogP contribution in [0.2, 0.25) is 5.02 Å². The minimum Gasteiger partial charge on any atom is -0.468 e. The zero-order valence-corrected chi connectivity index (χ0v) is 16.4. The number of nitrogens with one attached hydrogen (secondary N) is 1. The fraction of sp³-hybridized carbons (Fsp3) is 0.600. The summed E-state index contributed by atoms with van der Waals surface area (Å²) in [7, 11) is 3.26. The van der Waals surface area contributed by atoms with Crippen molar-refractivity contribution < 1.29 is 14.3 Å². The minimum atomic E-state index is -0.865. The Morgan fingerprint density at radius 2 is 1.92 bits per heavy atom. The van der Waals surface area contributed by atoms with Gasteiger partial charge in [-0.1, -0.05) is 42.6 Å². The largest absolute Gasteiger partial charge is 0.468 e. The van der Waals surface area contributed by atoms with Crippen molar-refractivity contribution in [2.45, 2.75) is 56.7 Å². The van der Waals surface area contributed by atoms with Crippen molar-refractivity contribution in [3.63, 3.8) is 0 Å². The van der Waals surface area contributed by atoms with Gasteiger partial charge in [-0.3, -0.25) is 14.5 Å². The van der Waals surface area contributed by atoms with Crippen molar-refractivity contribution >= 4 is 23.5 Å². The number of carbonyl (C=O) groups is 2. The highest BCUT2D eigenvalue weighted by atomic mass is 35.5. The number of likely N-dealkylation sites (N-methyl/N-ethyl adjacent to an activating group) is 1. The monoisotopic (exact) mass is 378 g/mol. The Kier molecular flexibility index (Phi) is 5.58. The van der Waals surface area contributed by atoms with Gasteiger partial charge >= 0.3 is 5.97 Å². The number of hydrogen-bond acceptors (Lipinski definition) is 4. The number of halogens is 1. The van der Waals surface area contributed by atoms with Gasteiger partial charge in [-0.15, -0.1) is 0 Å². The SMILES string of the molecule is COC(=O)[C@]1(C)CC(C(=O)NC2CCCC2)C(c2ccccc2Cl)N1C. The predicted molar refractivity (Wildman–Crippen MR) is 101 cm³/mol. The average molecular weight is 379 g/mol. The summed E-state index contributed by atoms with van der Waals surface area (Å²) in [6, 6.07) is 7.51. The molecule has 1 aromatic carbocycles. The number of ether oxygens (including phenoxy) is 1. The number of likely N-dealkylation sites (tertiary alicyclic amines) is 1. The van der Waals surface area contributed by atoms with Crippen LogP contribution in [0.25, 0.3) is 0 Å². The smallest absolute Gasteiger partial charge is 0.326 e. The predicted octanol–water partition coefficient (Wildman–Crippen LogP) is 3.32. The molecule has 5 nitrogen and oxygen atoms in total. The van der Waals surface area contributed by atoms with E-state index in [0.29, 0.717) is 11.4 Å². The molecule has 0 aromatic heterocycles. The molecule has 1 heterocycles. The van der Waals surface area contributed by atoms with Crippen LogP contribution in [0.1, 0.15) is 50.6 Å². The first-order valence-corrected chi connectivity index (χ1v) is 9.62. The van der Waals surface area contributed by atoms with E-state index in [1.54, 1.807) is 0 Å². The lowest BCUT2D eigenvalue weighted by Gasteiger charge is -2.33. The third-order valence-corrected chi connectivity index (χ3v) is 6.43. The van der Waals surface area contributed by atoms with Crippen molar-refractivity contribution in [1.82, 2.24) is 10.2 Å².